The predicted octanol–water partition coefficient (Wildman–Crippen LogP) is 4.49. The predicted molar refractivity (Wildman–Crippen MR) is 107 cm³/mol. The second-order valence-electron chi connectivity index (χ2n) is 6.53. The van der Waals surface area contributed by atoms with Crippen LogP contribution in [0.3, 0.4) is 0 Å². The highest BCUT2D eigenvalue weighted by Crippen LogP contribution is 2.30. The van der Waals surface area contributed by atoms with Crippen molar-refractivity contribution in [1.29, 1.82) is 0 Å². The van der Waals surface area contributed by atoms with Crippen molar-refractivity contribution in [2.24, 2.45) is 0 Å². The lowest BCUT2D eigenvalue weighted by atomic mass is 10.0. The molecule has 2 aromatic heterocycles. The van der Waals surface area contributed by atoms with Gasteiger partial charge in [-0.25, -0.2) is 0 Å². The number of benzene rings is 2. The minimum Gasteiger partial charge on any atom is -0.268 e. The van der Waals surface area contributed by atoms with Gasteiger partial charge in [-0.1, -0.05) is 42.5 Å². The molecule has 0 aliphatic carbocycles. The summed E-state index contributed by atoms with van der Waals surface area (Å²) in [5.74, 6) is 0. The van der Waals surface area contributed by atoms with Crippen LogP contribution in [-0.2, 0) is 13.0 Å². The van der Waals surface area contributed by atoms with Crippen LogP contribution in [0.25, 0.3) is 11.3 Å². The van der Waals surface area contributed by atoms with Crippen LogP contribution in [0.15, 0.2) is 85.3 Å². The van der Waals surface area contributed by atoms with Crippen molar-refractivity contribution in [3.63, 3.8) is 0 Å². The third-order valence-electron chi connectivity index (χ3n) is 4.49. The number of rotatable bonds is 6. The van der Waals surface area contributed by atoms with E-state index in [0.717, 1.165) is 16.7 Å². The standard InChI is InChI=1S/C22H18N4O2/c27-26(28)22-9-8-18(13-17-5-2-1-3-6-17)14-20(22)21-10-12-25(24-21)16-19-7-4-11-23-15-19/h1-12,14-15H,13,16H2. The molecule has 0 atom stereocenters. The Morgan fingerprint density at radius 3 is 2.50 bits per heavy atom. The Labute approximate surface area is 162 Å². The molecule has 0 aliphatic heterocycles. The molecule has 2 heterocycles. The van der Waals surface area contributed by atoms with E-state index in [4.69, 9.17) is 0 Å². The zero-order valence-electron chi connectivity index (χ0n) is 15.1. The van der Waals surface area contributed by atoms with E-state index in [-0.39, 0.29) is 10.6 Å². The van der Waals surface area contributed by atoms with E-state index < -0.39 is 0 Å². The van der Waals surface area contributed by atoms with E-state index >= 15 is 0 Å². The monoisotopic (exact) mass is 370 g/mol. The fourth-order valence-electron chi connectivity index (χ4n) is 3.16. The highest BCUT2D eigenvalue weighted by molar-refractivity contribution is 5.71. The molecule has 0 aliphatic rings. The average Bonchev–Trinajstić information content (AvgIpc) is 3.18. The number of nitro groups is 1. The van der Waals surface area contributed by atoms with E-state index in [9.17, 15) is 10.1 Å². The summed E-state index contributed by atoms with van der Waals surface area (Å²) in [6, 6.07) is 20.9. The Hall–Kier alpha value is -3.80. The Morgan fingerprint density at radius 1 is 0.929 bits per heavy atom. The molecule has 6 heteroatoms. The van der Waals surface area contributed by atoms with Gasteiger partial charge in [0.1, 0.15) is 0 Å². The third kappa shape index (κ3) is 3.96. The molecule has 4 rings (SSSR count). The Bertz CT molecular complexity index is 1090. The van der Waals surface area contributed by atoms with Gasteiger partial charge < -0.3 is 0 Å². The van der Waals surface area contributed by atoms with Crippen LogP contribution in [0.2, 0.25) is 0 Å². The molecule has 0 spiro atoms. The molecule has 0 fully saturated rings. The molecule has 0 unspecified atom stereocenters. The van der Waals surface area contributed by atoms with E-state index in [1.807, 2.05) is 60.8 Å². The topological polar surface area (TPSA) is 73.8 Å². The van der Waals surface area contributed by atoms with Crippen LogP contribution >= 0.6 is 0 Å². The van der Waals surface area contributed by atoms with E-state index in [1.165, 1.54) is 0 Å². The Morgan fingerprint density at radius 2 is 1.75 bits per heavy atom. The van der Waals surface area contributed by atoms with Crippen molar-refractivity contribution in [2.45, 2.75) is 13.0 Å². The van der Waals surface area contributed by atoms with Gasteiger partial charge in [0.25, 0.3) is 5.69 Å². The maximum Gasteiger partial charge on any atom is 0.278 e. The zero-order chi connectivity index (χ0) is 19.3. The van der Waals surface area contributed by atoms with Crippen LogP contribution in [0.5, 0.6) is 0 Å². The first kappa shape index (κ1) is 17.6. The van der Waals surface area contributed by atoms with Gasteiger partial charge in [0.15, 0.2) is 0 Å². The number of hydrogen-bond donors (Lipinski definition) is 0. The molecule has 0 amide bonds. The molecule has 0 saturated heterocycles. The van der Waals surface area contributed by atoms with E-state index in [2.05, 4.69) is 10.1 Å². The van der Waals surface area contributed by atoms with Gasteiger partial charge in [0.05, 0.1) is 22.7 Å². The van der Waals surface area contributed by atoms with Gasteiger partial charge in [0, 0.05) is 24.7 Å². The number of nitrogens with zero attached hydrogens (tertiary/aromatic N) is 4. The van der Waals surface area contributed by atoms with Crippen molar-refractivity contribution < 1.29 is 4.92 Å². The van der Waals surface area contributed by atoms with Gasteiger partial charge in [-0.2, -0.15) is 5.10 Å². The van der Waals surface area contributed by atoms with Crippen molar-refractivity contribution in [1.82, 2.24) is 14.8 Å². The summed E-state index contributed by atoms with van der Waals surface area (Å²) in [6.07, 6.45) is 6.04. The molecule has 0 bridgehead atoms. The van der Waals surface area contributed by atoms with Gasteiger partial charge in [-0.3, -0.25) is 19.8 Å². The molecule has 0 N–H and O–H groups in total. The quantitative estimate of drug-likeness (QED) is 0.370. The summed E-state index contributed by atoms with van der Waals surface area (Å²) < 4.78 is 1.76. The highest BCUT2D eigenvalue weighted by atomic mass is 16.6. The first-order valence-corrected chi connectivity index (χ1v) is 8.93. The molecule has 0 radical (unpaired) electrons. The van der Waals surface area contributed by atoms with E-state index in [1.54, 1.807) is 29.2 Å². The van der Waals surface area contributed by atoms with Crippen LogP contribution in [-0.4, -0.2) is 19.7 Å². The molecule has 28 heavy (non-hydrogen) atoms. The Kier molecular flexibility index (Phi) is 4.93. The first-order valence-electron chi connectivity index (χ1n) is 8.93. The largest absolute Gasteiger partial charge is 0.278 e. The number of nitro benzene ring substituents is 1. The maximum absolute atomic E-state index is 11.5. The van der Waals surface area contributed by atoms with Crippen molar-refractivity contribution in [3.8, 4) is 11.3 Å². The maximum atomic E-state index is 11.5. The van der Waals surface area contributed by atoms with Gasteiger partial charge in [0.2, 0.25) is 0 Å². The smallest absolute Gasteiger partial charge is 0.268 e. The summed E-state index contributed by atoms with van der Waals surface area (Å²) in [4.78, 5) is 15.3. The van der Waals surface area contributed by atoms with Crippen LogP contribution < -0.4 is 0 Å². The van der Waals surface area contributed by atoms with E-state index in [0.29, 0.717) is 24.2 Å². The minimum absolute atomic E-state index is 0.0587. The summed E-state index contributed by atoms with van der Waals surface area (Å²) >= 11 is 0. The molecule has 4 aromatic rings. The molecule has 2 aromatic carbocycles. The van der Waals surface area contributed by atoms with Gasteiger partial charge >= 0.3 is 0 Å². The second kappa shape index (κ2) is 7.84. The lowest BCUT2D eigenvalue weighted by molar-refractivity contribution is -0.384. The number of hydrogen-bond acceptors (Lipinski definition) is 4. The summed E-state index contributed by atoms with van der Waals surface area (Å²) in [5.41, 5.74) is 4.36. The first-order chi connectivity index (χ1) is 13.7. The third-order valence-corrected chi connectivity index (χ3v) is 4.49. The SMILES string of the molecule is O=[N+]([O-])c1ccc(Cc2ccccc2)cc1-c1ccn(Cc2cccnc2)n1. The average molecular weight is 370 g/mol. The molecular weight excluding hydrogens is 352 g/mol. The molecule has 6 nitrogen and oxygen atoms in total. The minimum atomic E-state index is -0.359. The Balaban J connectivity index is 1.65. The summed E-state index contributed by atoms with van der Waals surface area (Å²) in [6.45, 7) is 0.561. The highest BCUT2D eigenvalue weighted by Gasteiger charge is 2.18. The number of aromatic nitrogens is 3. The normalized spacial score (nSPS) is 10.7. The fourth-order valence-corrected chi connectivity index (χ4v) is 3.16. The van der Waals surface area contributed by atoms with Crippen molar-refractivity contribution in [2.75, 3.05) is 0 Å². The lowest BCUT2D eigenvalue weighted by Gasteiger charge is -2.06. The van der Waals surface area contributed by atoms with Gasteiger partial charge in [-0.15, -0.1) is 0 Å². The van der Waals surface area contributed by atoms with Crippen molar-refractivity contribution >= 4 is 5.69 Å². The van der Waals surface area contributed by atoms with Crippen molar-refractivity contribution in [3.05, 3.63) is 112 Å². The van der Waals surface area contributed by atoms with Crippen LogP contribution in [0, 0.1) is 10.1 Å². The van der Waals surface area contributed by atoms with Crippen LogP contribution in [0.1, 0.15) is 16.7 Å². The summed E-state index contributed by atoms with van der Waals surface area (Å²) in [7, 11) is 0. The molecular formula is C22H18N4O2. The molecule has 0 saturated carbocycles. The number of pyridine rings is 1. The molecule has 138 valence electrons. The summed E-state index contributed by atoms with van der Waals surface area (Å²) in [5, 5.41) is 16.1. The fraction of sp³-hybridized carbons (Fsp3) is 0.0909. The van der Waals surface area contributed by atoms with Gasteiger partial charge in [-0.05, 0) is 41.3 Å². The lowest BCUT2D eigenvalue weighted by Crippen LogP contribution is -2.01. The van der Waals surface area contributed by atoms with Crippen LogP contribution in [0.4, 0.5) is 5.69 Å². The second-order valence-corrected chi connectivity index (χ2v) is 6.53. The zero-order valence-corrected chi connectivity index (χ0v) is 15.1.